The van der Waals surface area contributed by atoms with E-state index in [1.54, 1.807) is 24.3 Å². The Morgan fingerprint density at radius 3 is 2.20 bits per heavy atom. The predicted molar refractivity (Wildman–Crippen MR) is 88.8 cm³/mol. The molecule has 0 fully saturated rings. The van der Waals surface area contributed by atoms with Gasteiger partial charge in [-0.2, -0.15) is 0 Å². The van der Waals surface area contributed by atoms with Gasteiger partial charge in [-0.3, -0.25) is 10.1 Å². The maximum atomic E-state index is 10.7. The summed E-state index contributed by atoms with van der Waals surface area (Å²) in [7, 11) is 0. The Labute approximate surface area is 129 Å². The smallest absolute Gasteiger partial charge is 0.258 e. The van der Waals surface area contributed by atoms with Crippen molar-refractivity contribution in [1.82, 2.24) is 0 Å². The molecule has 4 heteroatoms. The van der Waals surface area contributed by atoms with Crippen molar-refractivity contribution in [3.63, 3.8) is 0 Å². The molecule has 0 radical (unpaired) electrons. The van der Waals surface area contributed by atoms with E-state index in [0.29, 0.717) is 0 Å². The van der Waals surface area contributed by atoms with Crippen LogP contribution in [0.4, 0.5) is 5.69 Å². The van der Waals surface area contributed by atoms with Crippen LogP contribution in [0.25, 0.3) is 21.9 Å². The number of nitro benzene ring substituents is 1. The third-order valence-electron chi connectivity index (χ3n) is 3.24. The summed E-state index contributed by atoms with van der Waals surface area (Å²) in [6.45, 7) is 0. The number of hydrogen-bond donors (Lipinski definition) is 0. The summed E-state index contributed by atoms with van der Waals surface area (Å²) in [6, 6.07) is 19.0. The molecule has 0 saturated carbocycles. The first-order valence-corrected chi connectivity index (χ1v) is 7.17. The fourth-order valence-corrected chi connectivity index (χ4v) is 3.11. The molecule has 0 N–H and O–H groups in total. The molecule has 98 valence electrons. The largest absolute Gasteiger partial charge is 0.269 e. The Kier molecular flexibility index (Phi) is 3.40. The summed E-state index contributed by atoms with van der Waals surface area (Å²) in [5.74, 6) is 0. The molecule has 0 bridgehead atoms. The number of hydrogen-bond acceptors (Lipinski definition) is 2. The predicted octanol–water partition coefficient (Wildman–Crippen LogP) is 5.02. The van der Waals surface area contributed by atoms with Crippen LogP contribution >= 0.6 is 22.6 Å². The normalized spacial score (nSPS) is 10.7. The summed E-state index contributed by atoms with van der Waals surface area (Å²) in [4.78, 5) is 10.3. The molecule has 0 spiro atoms. The fraction of sp³-hybridized carbons (Fsp3) is 0. The van der Waals surface area contributed by atoms with Crippen LogP contribution in [0.3, 0.4) is 0 Å². The topological polar surface area (TPSA) is 43.1 Å². The Bertz CT molecular complexity index is 792. The number of nitrogens with zero attached hydrogens (tertiary/aromatic N) is 1. The maximum Gasteiger partial charge on any atom is 0.269 e. The van der Waals surface area contributed by atoms with E-state index in [4.69, 9.17) is 0 Å². The lowest BCUT2D eigenvalue weighted by Crippen LogP contribution is -1.88. The van der Waals surface area contributed by atoms with Crippen LogP contribution in [0.1, 0.15) is 0 Å². The van der Waals surface area contributed by atoms with Gasteiger partial charge in [0.15, 0.2) is 0 Å². The van der Waals surface area contributed by atoms with Gasteiger partial charge >= 0.3 is 0 Å². The standard InChI is InChI=1S/C16H10INO2/c17-15-6-2-4-12-3-1-5-14(16(12)15)11-7-9-13(10-8-11)18(19)20/h1-10H. The van der Waals surface area contributed by atoms with Crippen LogP contribution in [0, 0.1) is 13.7 Å². The van der Waals surface area contributed by atoms with Crippen LogP contribution in [-0.2, 0) is 0 Å². The molecule has 0 heterocycles. The first kappa shape index (κ1) is 13.1. The molecule has 20 heavy (non-hydrogen) atoms. The zero-order valence-electron chi connectivity index (χ0n) is 10.4. The van der Waals surface area contributed by atoms with Crippen molar-refractivity contribution >= 4 is 39.1 Å². The number of fused-ring (bicyclic) bond motifs is 1. The van der Waals surface area contributed by atoms with E-state index < -0.39 is 0 Å². The molecular formula is C16H10INO2. The molecule has 3 aromatic rings. The molecule has 0 aromatic heterocycles. The van der Waals surface area contributed by atoms with Crippen LogP contribution in [0.5, 0.6) is 0 Å². The molecular weight excluding hydrogens is 365 g/mol. The quantitative estimate of drug-likeness (QED) is 0.359. The number of benzene rings is 3. The van der Waals surface area contributed by atoms with E-state index in [1.165, 1.54) is 14.3 Å². The van der Waals surface area contributed by atoms with Gasteiger partial charge < -0.3 is 0 Å². The van der Waals surface area contributed by atoms with Gasteiger partial charge in [-0.25, -0.2) is 0 Å². The van der Waals surface area contributed by atoms with Gasteiger partial charge in [0.05, 0.1) is 4.92 Å². The Hall–Kier alpha value is -1.95. The van der Waals surface area contributed by atoms with Crippen molar-refractivity contribution in [3.8, 4) is 11.1 Å². The van der Waals surface area contributed by atoms with Crippen LogP contribution in [0.15, 0.2) is 60.7 Å². The second kappa shape index (κ2) is 5.20. The molecule has 3 rings (SSSR count). The van der Waals surface area contributed by atoms with E-state index in [9.17, 15) is 10.1 Å². The van der Waals surface area contributed by atoms with Gasteiger partial charge in [0.1, 0.15) is 0 Å². The average molecular weight is 375 g/mol. The number of halogens is 1. The first-order valence-electron chi connectivity index (χ1n) is 6.09. The van der Waals surface area contributed by atoms with Crippen molar-refractivity contribution in [2.45, 2.75) is 0 Å². The van der Waals surface area contributed by atoms with Crippen LogP contribution in [0.2, 0.25) is 0 Å². The molecule has 0 aliphatic carbocycles. The van der Waals surface area contributed by atoms with E-state index in [1.807, 2.05) is 18.2 Å². The summed E-state index contributed by atoms with van der Waals surface area (Å²) in [5.41, 5.74) is 2.20. The van der Waals surface area contributed by atoms with E-state index >= 15 is 0 Å². The van der Waals surface area contributed by atoms with Crippen LogP contribution in [-0.4, -0.2) is 4.92 Å². The van der Waals surface area contributed by atoms with Gasteiger partial charge in [-0.1, -0.05) is 30.3 Å². The Morgan fingerprint density at radius 2 is 1.55 bits per heavy atom. The number of non-ortho nitro benzene ring substituents is 1. The zero-order chi connectivity index (χ0) is 14.1. The summed E-state index contributed by atoms with van der Waals surface area (Å²) < 4.78 is 1.18. The maximum absolute atomic E-state index is 10.7. The SMILES string of the molecule is O=[N+]([O-])c1ccc(-c2cccc3cccc(I)c23)cc1. The highest BCUT2D eigenvalue weighted by Crippen LogP contribution is 2.32. The van der Waals surface area contributed by atoms with Gasteiger partial charge in [-0.05, 0) is 57.3 Å². The zero-order valence-corrected chi connectivity index (χ0v) is 12.6. The van der Waals surface area contributed by atoms with Crippen molar-refractivity contribution in [1.29, 1.82) is 0 Å². The van der Waals surface area contributed by atoms with Crippen LogP contribution < -0.4 is 0 Å². The van der Waals surface area contributed by atoms with Crippen molar-refractivity contribution < 1.29 is 4.92 Å². The second-order valence-corrected chi connectivity index (χ2v) is 5.61. The van der Waals surface area contributed by atoms with E-state index in [0.717, 1.165) is 11.1 Å². The third kappa shape index (κ3) is 2.27. The van der Waals surface area contributed by atoms with Gasteiger partial charge in [0.25, 0.3) is 5.69 Å². The molecule has 0 atom stereocenters. The highest BCUT2D eigenvalue weighted by molar-refractivity contribution is 14.1. The highest BCUT2D eigenvalue weighted by Gasteiger charge is 2.09. The lowest BCUT2D eigenvalue weighted by Gasteiger charge is -2.08. The highest BCUT2D eigenvalue weighted by atomic mass is 127. The molecule has 0 amide bonds. The lowest BCUT2D eigenvalue weighted by molar-refractivity contribution is -0.384. The minimum atomic E-state index is -0.378. The van der Waals surface area contributed by atoms with E-state index in [-0.39, 0.29) is 10.6 Å². The number of nitro groups is 1. The van der Waals surface area contributed by atoms with Gasteiger partial charge in [-0.15, -0.1) is 0 Å². The Morgan fingerprint density at radius 1 is 0.900 bits per heavy atom. The van der Waals surface area contributed by atoms with Gasteiger partial charge in [0.2, 0.25) is 0 Å². The lowest BCUT2D eigenvalue weighted by atomic mass is 9.98. The molecule has 0 aliphatic heterocycles. The summed E-state index contributed by atoms with van der Waals surface area (Å²) >= 11 is 2.32. The van der Waals surface area contributed by atoms with Crippen molar-refractivity contribution in [2.24, 2.45) is 0 Å². The van der Waals surface area contributed by atoms with Crippen molar-refractivity contribution in [3.05, 3.63) is 74.3 Å². The fourth-order valence-electron chi connectivity index (χ4n) is 2.30. The molecule has 0 aliphatic rings. The molecule has 3 aromatic carbocycles. The molecule has 0 unspecified atom stereocenters. The monoisotopic (exact) mass is 375 g/mol. The minimum absolute atomic E-state index is 0.115. The first-order chi connectivity index (χ1) is 9.66. The minimum Gasteiger partial charge on any atom is -0.258 e. The second-order valence-electron chi connectivity index (χ2n) is 4.45. The Balaban J connectivity index is 2.21. The third-order valence-corrected chi connectivity index (χ3v) is 4.14. The summed E-state index contributed by atoms with van der Waals surface area (Å²) in [6.07, 6.45) is 0. The van der Waals surface area contributed by atoms with E-state index in [2.05, 4.69) is 40.8 Å². The number of rotatable bonds is 2. The average Bonchev–Trinajstić information content (AvgIpc) is 2.47. The molecule has 3 nitrogen and oxygen atoms in total. The van der Waals surface area contributed by atoms with Crippen molar-refractivity contribution in [2.75, 3.05) is 0 Å². The van der Waals surface area contributed by atoms with Gasteiger partial charge in [0, 0.05) is 21.1 Å². The molecule has 0 saturated heterocycles. The summed E-state index contributed by atoms with van der Waals surface area (Å²) in [5, 5.41) is 13.1.